The van der Waals surface area contributed by atoms with E-state index < -0.39 is 12.0 Å². The van der Waals surface area contributed by atoms with Crippen LogP contribution in [-0.4, -0.2) is 48.1 Å². The van der Waals surface area contributed by atoms with E-state index in [1.807, 2.05) is 30.3 Å². The van der Waals surface area contributed by atoms with Gasteiger partial charge in [-0.2, -0.15) is 0 Å². The van der Waals surface area contributed by atoms with E-state index in [0.717, 1.165) is 24.9 Å². The highest BCUT2D eigenvalue weighted by molar-refractivity contribution is 5.94. The first-order valence-corrected chi connectivity index (χ1v) is 7.38. The second kappa shape index (κ2) is 7.22. The maximum atomic E-state index is 12.4. The van der Waals surface area contributed by atoms with Crippen LogP contribution in [0.2, 0.25) is 0 Å². The smallest absolute Gasteiger partial charge is 0.320 e. The molecule has 0 saturated carbocycles. The third-order valence-corrected chi connectivity index (χ3v) is 4.00. The summed E-state index contributed by atoms with van der Waals surface area (Å²) in [6.07, 6.45) is 3.52. The minimum atomic E-state index is -0.827. The van der Waals surface area contributed by atoms with E-state index in [4.69, 9.17) is 0 Å². The van der Waals surface area contributed by atoms with Crippen LogP contribution in [0.3, 0.4) is 0 Å². The minimum absolute atomic E-state index is 0.0747. The standard InChI is InChI=1S/C16H22N2O3/c1-17(13-8-4-2-5-9-13)15(19)12-18-11-7-3-6-10-14(18)16(20)21/h2,4-5,8-9,14H,3,6-7,10-12H2,1H3,(H,20,21). The predicted octanol–water partition coefficient (Wildman–Crippen LogP) is 1.98. The zero-order valence-corrected chi connectivity index (χ0v) is 12.4. The van der Waals surface area contributed by atoms with E-state index in [9.17, 15) is 14.7 Å². The lowest BCUT2D eigenvalue weighted by molar-refractivity contribution is -0.143. The van der Waals surface area contributed by atoms with Gasteiger partial charge in [0.15, 0.2) is 0 Å². The van der Waals surface area contributed by atoms with Gasteiger partial charge in [0, 0.05) is 12.7 Å². The number of likely N-dealkylation sites (tertiary alicyclic amines) is 1. The number of hydrogen-bond acceptors (Lipinski definition) is 3. The van der Waals surface area contributed by atoms with Gasteiger partial charge in [-0.3, -0.25) is 14.5 Å². The number of carboxylic acids is 1. The topological polar surface area (TPSA) is 60.9 Å². The molecule has 0 aromatic heterocycles. The number of likely N-dealkylation sites (N-methyl/N-ethyl adjacent to an activating group) is 1. The summed E-state index contributed by atoms with van der Waals surface area (Å²) in [6, 6.07) is 8.86. The first-order chi connectivity index (χ1) is 10.1. The molecule has 1 fully saturated rings. The molecule has 1 aromatic rings. The molecule has 0 spiro atoms. The van der Waals surface area contributed by atoms with E-state index >= 15 is 0 Å². The molecule has 1 heterocycles. The second-order valence-corrected chi connectivity index (χ2v) is 5.46. The Kier molecular flexibility index (Phi) is 5.33. The zero-order valence-electron chi connectivity index (χ0n) is 12.4. The normalized spacial score (nSPS) is 19.8. The van der Waals surface area contributed by atoms with Crippen molar-refractivity contribution in [1.82, 2.24) is 4.90 Å². The van der Waals surface area contributed by atoms with Gasteiger partial charge in [-0.05, 0) is 31.5 Å². The molecule has 5 heteroatoms. The van der Waals surface area contributed by atoms with Gasteiger partial charge in [-0.1, -0.05) is 31.0 Å². The van der Waals surface area contributed by atoms with Crippen LogP contribution in [0, 0.1) is 0 Å². The minimum Gasteiger partial charge on any atom is -0.480 e. The zero-order chi connectivity index (χ0) is 15.2. The third-order valence-electron chi connectivity index (χ3n) is 4.00. The molecule has 114 valence electrons. The Balaban J connectivity index is 2.04. The van der Waals surface area contributed by atoms with Crippen LogP contribution < -0.4 is 4.90 Å². The number of carbonyl (C=O) groups is 2. The number of hydrogen-bond donors (Lipinski definition) is 1. The Hall–Kier alpha value is -1.88. The Morgan fingerprint density at radius 2 is 1.95 bits per heavy atom. The van der Waals surface area contributed by atoms with Gasteiger partial charge >= 0.3 is 5.97 Å². The molecule has 0 bridgehead atoms. The van der Waals surface area contributed by atoms with Gasteiger partial charge < -0.3 is 10.0 Å². The van der Waals surface area contributed by atoms with Crippen molar-refractivity contribution in [2.45, 2.75) is 31.7 Å². The van der Waals surface area contributed by atoms with Crippen molar-refractivity contribution in [3.63, 3.8) is 0 Å². The Morgan fingerprint density at radius 3 is 2.62 bits per heavy atom. The molecule has 1 amide bonds. The van der Waals surface area contributed by atoms with Crippen LogP contribution in [0.5, 0.6) is 0 Å². The number of carbonyl (C=O) groups excluding carboxylic acids is 1. The molecule has 0 radical (unpaired) electrons. The Labute approximate surface area is 125 Å². The number of anilines is 1. The lowest BCUT2D eigenvalue weighted by atomic mass is 10.1. The molecule has 1 saturated heterocycles. The number of nitrogens with zero attached hydrogens (tertiary/aromatic N) is 2. The molecule has 1 aromatic carbocycles. The second-order valence-electron chi connectivity index (χ2n) is 5.46. The summed E-state index contributed by atoms with van der Waals surface area (Å²) in [6.45, 7) is 0.827. The highest BCUT2D eigenvalue weighted by atomic mass is 16.4. The molecule has 0 aliphatic carbocycles. The molecule has 1 N–H and O–H groups in total. The van der Waals surface area contributed by atoms with Gasteiger partial charge in [0.05, 0.1) is 6.54 Å². The summed E-state index contributed by atoms with van der Waals surface area (Å²) in [5.41, 5.74) is 0.823. The fourth-order valence-corrected chi connectivity index (χ4v) is 2.71. The van der Waals surface area contributed by atoms with Crippen molar-refractivity contribution >= 4 is 17.6 Å². The van der Waals surface area contributed by atoms with Gasteiger partial charge in [0.25, 0.3) is 0 Å². The maximum absolute atomic E-state index is 12.4. The summed E-state index contributed by atoms with van der Waals surface area (Å²) in [5.74, 6) is -0.901. The van der Waals surface area contributed by atoms with Gasteiger partial charge in [-0.15, -0.1) is 0 Å². The summed E-state index contributed by atoms with van der Waals surface area (Å²) in [4.78, 5) is 27.1. The van der Waals surface area contributed by atoms with Crippen molar-refractivity contribution in [2.75, 3.05) is 25.0 Å². The molecule has 2 rings (SSSR count). The predicted molar refractivity (Wildman–Crippen MR) is 81.3 cm³/mol. The van der Waals surface area contributed by atoms with E-state index in [0.29, 0.717) is 13.0 Å². The van der Waals surface area contributed by atoms with Crippen LogP contribution in [0.25, 0.3) is 0 Å². The molecule has 1 aliphatic heterocycles. The number of benzene rings is 1. The average molecular weight is 290 g/mol. The van der Waals surface area contributed by atoms with Crippen LogP contribution in [0.15, 0.2) is 30.3 Å². The summed E-state index contributed by atoms with van der Waals surface area (Å²) >= 11 is 0. The number of aliphatic carboxylic acids is 1. The van der Waals surface area contributed by atoms with Crippen molar-refractivity contribution in [1.29, 1.82) is 0 Å². The molecule has 21 heavy (non-hydrogen) atoms. The van der Waals surface area contributed by atoms with E-state index in [-0.39, 0.29) is 12.5 Å². The van der Waals surface area contributed by atoms with Gasteiger partial charge in [0.1, 0.15) is 6.04 Å². The third kappa shape index (κ3) is 4.04. The largest absolute Gasteiger partial charge is 0.480 e. The first kappa shape index (κ1) is 15.5. The average Bonchev–Trinajstić information content (AvgIpc) is 2.72. The molecular weight excluding hydrogens is 268 g/mol. The Bertz CT molecular complexity index is 490. The van der Waals surface area contributed by atoms with Crippen molar-refractivity contribution in [3.05, 3.63) is 30.3 Å². The molecular formula is C16H22N2O3. The summed E-state index contributed by atoms with van der Waals surface area (Å²) in [7, 11) is 1.73. The number of carboxylic acid groups (broad SMARTS) is 1. The van der Waals surface area contributed by atoms with Crippen LogP contribution >= 0.6 is 0 Å². The van der Waals surface area contributed by atoms with E-state index in [1.165, 1.54) is 0 Å². The van der Waals surface area contributed by atoms with Crippen LogP contribution in [-0.2, 0) is 9.59 Å². The van der Waals surface area contributed by atoms with Crippen molar-refractivity contribution in [3.8, 4) is 0 Å². The van der Waals surface area contributed by atoms with Crippen LogP contribution in [0.1, 0.15) is 25.7 Å². The van der Waals surface area contributed by atoms with E-state index in [2.05, 4.69) is 0 Å². The lowest BCUT2D eigenvalue weighted by Gasteiger charge is -2.28. The molecule has 1 atom stereocenters. The molecule has 5 nitrogen and oxygen atoms in total. The molecule has 1 unspecified atom stereocenters. The lowest BCUT2D eigenvalue weighted by Crippen LogP contribution is -2.46. The quantitative estimate of drug-likeness (QED) is 0.921. The summed E-state index contributed by atoms with van der Waals surface area (Å²) in [5, 5.41) is 9.34. The van der Waals surface area contributed by atoms with Gasteiger partial charge in [0.2, 0.25) is 5.91 Å². The Morgan fingerprint density at radius 1 is 1.24 bits per heavy atom. The van der Waals surface area contributed by atoms with E-state index in [1.54, 1.807) is 16.8 Å². The first-order valence-electron chi connectivity index (χ1n) is 7.38. The highest BCUT2D eigenvalue weighted by Crippen LogP contribution is 2.18. The number of rotatable bonds is 4. The monoisotopic (exact) mass is 290 g/mol. The van der Waals surface area contributed by atoms with Crippen molar-refractivity contribution < 1.29 is 14.7 Å². The SMILES string of the molecule is CN(C(=O)CN1CCCCCC1C(=O)O)c1ccccc1. The van der Waals surface area contributed by atoms with Crippen molar-refractivity contribution in [2.24, 2.45) is 0 Å². The fraction of sp³-hybridized carbons (Fsp3) is 0.500. The molecule has 1 aliphatic rings. The highest BCUT2D eigenvalue weighted by Gasteiger charge is 2.29. The fourth-order valence-electron chi connectivity index (χ4n) is 2.71. The summed E-state index contributed by atoms with van der Waals surface area (Å²) < 4.78 is 0. The maximum Gasteiger partial charge on any atom is 0.320 e. The number of para-hydroxylation sites is 1. The van der Waals surface area contributed by atoms with Crippen LogP contribution in [0.4, 0.5) is 5.69 Å². The number of amides is 1. The van der Waals surface area contributed by atoms with Gasteiger partial charge in [-0.25, -0.2) is 0 Å².